The van der Waals surface area contributed by atoms with E-state index in [1.54, 1.807) is 44.4 Å². The average Bonchev–Trinajstić information content (AvgIpc) is 2.51. The SMILES string of the molecule is C=CC[C@@H](C(C)=O)[C@H](Nc1ccc(OC)cc1)C(=O)OCC. The van der Waals surface area contributed by atoms with Crippen LogP contribution >= 0.6 is 0 Å². The molecule has 0 saturated carbocycles. The molecular formula is C17H23NO4. The molecule has 120 valence electrons. The first-order valence-corrected chi connectivity index (χ1v) is 7.22. The van der Waals surface area contributed by atoms with E-state index in [0.717, 1.165) is 0 Å². The molecule has 2 atom stereocenters. The first-order valence-electron chi connectivity index (χ1n) is 7.22. The molecule has 1 aromatic rings. The maximum atomic E-state index is 12.2. The fourth-order valence-electron chi connectivity index (χ4n) is 2.14. The number of allylic oxidation sites excluding steroid dienone is 1. The summed E-state index contributed by atoms with van der Waals surface area (Å²) in [4.78, 5) is 24.1. The van der Waals surface area contributed by atoms with Crippen molar-refractivity contribution in [2.24, 2.45) is 5.92 Å². The molecule has 1 aromatic carbocycles. The molecule has 0 fully saturated rings. The highest BCUT2D eigenvalue weighted by Crippen LogP contribution is 2.21. The first kappa shape index (κ1) is 17.8. The number of hydrogen-bond acceptors (Lipinski definition) is 5. The number of anilines is 1. The van der Waals surface area contributed by atoms with Crippen LogP contribution in [0.25, 0.3) is 0 Å². The number of carbonyl (C=O) groups excluding carboxylic acids is 2. The molecule has 0 amide bonds. The van der Waals surface area contributed by atoms with E-state index in [2.05, 4.69) is 11.9 Å². The predicted molar refractivity (Wildman–Crippen MR) is 86.0 cm³/mol. The summed E-state index contributed by atoms with van der Waals surface area (Å²) in [6, 6.07) is 6.39. The van der Waals surface area contributed by atoms with Crippen molar-refractivity contribution in [2.75, 3.05) is 19.0 Å². The smallest absolute Gasteiger partial charge is 0.329 e. The van der Waals surface area contributed by atoms with Crippen molar-refractivity contribution >= 4 is 17.4 Å². The highest BCUT2D eigenvalue weighted by molar-refractivity contribution is 5.89. The van der Waals surface area contributed by atoms with Crippen LogP contribution in [0.1, 0.15) is 20.3 Å². The number of methoxy groups -OCH3 is 1. The van der Waals surface area contributed by atoms with Crippen LogP contribution in [0, 0.1) is 5.92 Å². The summed E-state index contributed by atoms with van der Waals surface area (Å²) in [5.41, 5.74) is 0.717. The van der Waals surface area contributed by atoms with Crippen molar-refractivity contribution in [3.63, 3.8) is 0 Å². The Morgan fingerprint density at radius 1 is 1.32 bits per heavy atom. The Kier molecular flexibility index (Phi) is 7.16. The molecular weight excluding hydrogens is 282 g/mol. The molecule has 0 aliphatic heterocycles. The minimum atomic E-state index is -0.746. The third-order valence-electron chi connectivity index (χ3n) is 3.30. The Labute approximate surface area is 131 Å². The Bertz CT molecular complexity index is 510. The van der Waals surface area contributed by atoms with Crippen molar-refractivity contribution in [1.82, 2.24) is 0 Å². The Morgan fingerprint density at radius 3 is 2.41 bits per heavy atom. The number of rotatable bonds is 9. The van der Waals surface area contributed by atoms with Gasteiger partial charge in [0.25, 0.3) is 0 Å². The normalized spacial score (nSPS) is 12.9. The second-order valence-electron chi connectivity index (χ2n) is 4.84. The van der Waals surface area contributed by atoms with Crippen LogP contribution in [0.5, 0.6) is 5.75 Å². The van der Waals surface area contributed by atoms with E-state index in [9.17, 15) is 9.59 Å². The van der Waals surface area contributed by atoms with Crippen LogP contribution in [0.15, 0.2) is 36.9 Å². The van der Waals surface area contributed by atoms with Crippen LogP contribution < -0.4 is 10.1 Å². The van der Waals surface area contributed by atoms with Gasteiger partial charge < -0.3 is 14.8 Å². The van der Waals surface area contributed by atoms with Crippen LogP contribution in [-0.2, 0) is 14.3 Å². The minimum absolute atomic E-state index is 0.0843. The lowest BCUT2D eigenvalue weighted by atomic mass is 9.92. The Morgan fingerprint density at radius 2 is 1.95 bits per heavy atom. The van der Waals surface area contributed by atoms with E-state index < -0.39 is 17.9 Å². The van der Waals surface area contributed by atoms with Crippen molar-refractivity contribution < 1.29 is 19.1 Å². The van der Waals surface area contributed by atoms with E-state index in [4.69, 9.17) is 9.47 Å². The minimum Gasteiger partial charge on any atom is -0.497 e. The monoisotopic (exact) mass is 305 g/mol. The molecule has 0 unspecified atom stereocenters. The highest BCUT2D eigenvalue weighted by Gasteiger charge is 2.32. The van der Waals surface area contributed by atoms with Crippen molar-refractivity contribution in [1.29, 1.82) is 0 Å². The Hall–Kier alpha value is -2.30. The molecule has 22 heavy (non-hydrogen) atoms. The number of nitrogens with one attached hydrogen (secondary N) is 1. The summed E-state index contributed by atoms with van der Waals surface area (Å²) in [6.07, 6.45) is 2.04. The van der Waals surface area contributed by atoms with Crippen molar-refractivity contribution in [2.45, 2.75) is 26.3 Å². The summed E-state index contributed by atoms with van der Waals surface area (Å²) >= 11 is 0. The summed E-state index contributed by atoms with van der Waals surface area (Å²) in [7, 11) is 1.58. The fraction of sp³-hybridized carbons (Fsp3) is 0.412. The molecule has 0 aliphatic rings. The van der Waals surface area contributed by atoms with E-state index >= 15 is 0 Å². The number of esters is 1. The van der Waals surface area contributed by atoms with Gasteiger partial charge in [0.05, 0.1) is 19.6 Å². The lowest BCUT2D eigenvalue weighted by Crippen LogP contribution is -2.41. The number of benzene rings is 1. The third-order valence-corrected chi connectivity index (χ3v) is 3.30. The van der Waals surface area contributed by atoms with Gasteiger partial charge in [-0.3, -0.25) is 4.79 Å². The van der Waals surface area contributed by atoms with E-state index in [1.165, 1.54) is 6.92 Å². The standard InChI is InChI=1S/C17H23NO4/c1-5-7-15(12(3)19)16(17(20)22-6-2)18-13-8-10-14(21-4)11-9-13/h5,8-11,15-16,18H,1,6-7H2,2-4H3/t15-,16-/m0/s1. The lowest BCUT2D eigenvalue weighted by molar-refractivity contribution is -0.147. The van der Waals surface area contributed by atoms with Gasteiger partial charge in [-0.1, -0.05) is 6.08 Å². The van der Waals surface area contributed by atoms with E-state index in [0.29, 0.717) is 17.9 Å². The molecule has 0 radical (unpaired) electrons. The van der Waals surface area contributed by atoms with Gasteiger partial charge in [-0.2, -0.15) is 0 Å². The molecule has 0 aliphatic carbocycles. The second kappa shape index (κ2) is 8.87. The molecule has 5 nitrogen and oxygen atoms in total. The van der Waals surface area contributed by atoms with Gasteiger partial charge in [0.1, 0.15) is 17.6 Å². The number of carbonyl (C=O) groups is 2. The molecule has 5 heteroatoms. The van der Waals surface area contributed by atoms with Gasteiger partial charge in [0, 0.05) is 5.69 Å². The maximum Gasteiger partial charge on any atom is 0.329 e. The van der Waals surface area contributed by atoms with E-state index in [-0.39, 0.29) is 12.4 Å². The summed E-state index contributed by atoms with van der Waals surface area (Å²) in [5.74, 6) is -0.328. The van der Waals surface area contributed by atoms with E-state index in [1.807, 2.05) is 0 Å². The molecule has 0 bridgehead atoms. The molecule has 0 saturated heterocycles. The number of hydrogen-bond donors (Lipinski definition) is 1. The largest absolute Gasteiger partial charge is 0.497 e. The summed E-state index contributed by atoms with van der Waals surface area (Å²) in [5, 5.41) is 3.08. The summed E-state index contributed by atoms with van der Waals surface area (Å²) in [6.45, 7) is 7.12. The van der Waals surface area contributed by atoms with Crippen LogP contribution in [0.3, 0.4) is 0 Å². The quantitative estimate of drug-likeness (QED) is 0.561. The number of ketones is 1. The van der Waals surface area contributed by atoms with Crippen LogP contribution in [0.4, 0.5) is 5.69 Å². The van der Waals surface area contributed by atoms with Crippen molar-refractivity contribution in [3.8, 4) is 5.75 Å². The van der Waals surface area contributed by atoms with Gasteiger partial charge in [-0.15, -0.1) is 6.58 Å². The van der Waals surface area contributed by atoms with Gasteiger partial charge in [0.15, 0.2) is 0 Å². The lowest BCUT2D eigenvalue weighted by Gasteiger charge is -2.24. The van der Waals surface area contributed by atoms with Gasteiger partial charge in [-0.05, 0) is 44.5 Å². The van der Waals surface area contributed by atoms with Gasteiger partial charge in [0.2, 0.25) is 0 Å². The summed E-state index contributed by atoms with van der Waals surface area (Å²) < 4.78 is 10.2. The van der Waals surface area contributed by atoms with Crippen LogP contribution in [0.2, 0.25) is 0 Å². The highest BCUT2D eigenvalue weighted by atomic mass is 16.5. The molecule has 1 rings (SSSR count). The zero-order valence-electron chi connectivity index (χ0n) is 13.3. The topological polar surface area (TPSA) is 64.6 Å². The molecule has 0 aromatic heterocycles. The third kappa shape index (κ3) is 4.91. The second-order valence-corrected chi connectivity index (χ2v) is 4.84. The number of Topliss-reactive ketones (excluding diaryl/α,β-unsaturated/α-hetero) is 1. The Balaban J connectivity index is 2.99. The maximum absolute atomic E-state index is 12.2. The van der Waals surface area contributed by atoms with Crippen molar-refractivity contribution in [3.05, 3.63) is 36.9 Å². The van der Waals surface area contributed by atoms with Gasteiger partial charge in [-0.25, -0.2) is 4.79 Å². The first-order chi connectivity index (χ1) is 10.5. The molecule has 0 heterocycles. The molecule has 1 N–H and O–H groups in total. The van der Waals surface area contributed by atoms with Gasteiger partial charge >= 0.3 is 5.97 Å². The van der Waals surface area contributed by atoms with Crippen LogP contribution in [-0.4, -0.2) is 31.5 Å². The number of ether oxygens (including phenoxy) is 2. The zero-order chi connectivity index (χ0) is 16.5. The average molecular weight is 305 g/mol. The fourth-order valence-corrected chi connectivity index (χ4v) is 2.14. The molecule has 0 spiro atoms. The predicted octanol–water partition coefficient (Wildman–Crippen LogP) is 2.82. The zero-order valence-corrected chi connectivity index (χ0v) is 13.3.